The lowest BCUT2D eigenvalue weighted by Gasteiger charge is -2.43. The van der Waals surface area contributed by atoms with Crippen molar-refractivity contribution in [2.24, 2.45) is 5.92 Å². The van der Waals surface area contributed by atoms with Crippen LogP contribution in [-0.2, 0) is 4.79 Å². The van der Waals surface area contributed by atoms with Gasteiger partial charge in [-0.25, -0.2) is 9.78 Å². The van der Waals surface area contributed by atoms with Gasteiger partial charge in [0, 0.05) is 63.2 Å². The zero-order valence-electron chi connectivity index (χ0n) is 21.3. The van der Waals surface area contributed by atoms with E-state index in [-0.39, 0.29) is 11.9 Å². The number of hydrogen-bond acceptors (Lipinski definition) is 5. The van der Waals surface area contributed by atoms with Crippen molar-refractivity contribution in [2.45, 2.75) is 38.6 Å². The summed E-state index contributed by atoms with van der Waals surface area (Å²) >= 11 is 0. The van der Waals surface area contributed by atoms with Crippen molar-refractivity contribution in [2.75, 3.05) is 62.6 Å². The summed E-state index contributed by atoms with van der Waals surface area (Å²) < 4.78 is 0. The summed E-state index contributed by atoms with van der Waals surface area (Å²) in [5.41, 5.74) is 1.86. The molecular weight excluding hydrogens is 452 g/mol. The minimum atomic E-state index is -0.0219. The second-order valence-corrected chi connectivity index (χ2v) is 10.3. The molecule has 3 amide bonds. The summed E-state index contributed by atoms with van der Waals surface area (Å²) in [7, 11) is 0. The van der Waals surface area contributed by atoms with Crippen LogP contribution >= 0.6 is 0 Å². The number of benzene rings is 1. The number of rotatable bonds is 4. The number of pyridine rings is 1. The number of hydrogen-bond donors (Lipinski definition) is 1. The van der Waals surface area contributed by atoms with Gasteiger partial charge in [-0.2, -0.15) is 0 Å². The number of piperidine rings is 2. The minimum absolute atomic E-state index is 0.0219. The zero-order chi connectivity index (χ0) is 24.9. The highest BCUT2D eigenvalue weighted by molar-refractivity contribution is 5.89. The van der Waals surface area contributed by atoms with Gasteiger partial charge in [-0.3, -0.25) is 9.69 Å². The molecule has 36 heavy (non-hydrogen) atoms. The first-order valence-electron chi connectivity index (χ1n) is 13.4. The van der Waals surface area contributed by atoms with Gasteiger partial charge in [-0.15, -0.1) is 0 Å². The van der Waals surface area contributed by atoms with Crippen molar-refractivity contribution in [1.29, 1.82) is 0 Å². The Morgan fingerprint density at radius 2 is 1.58 bits per heavy atom. The predicted molar refractivity (Wildman–Crippen MR) is 142 cm³/mol. The van der Waals surface area contributed by atoms with Crippen LogP contribution in [0.1, 0.15) is 31.4 Å². The van der Waals surface area contributed by atoms with Crippen LogP contribution in [0.5, 0.6) is 0 Å². The molecule has 3 fully saturated rings. The van der Waals surface area contributed by atoms with Crippen LogP contribution in [0.15, 0.2) is 48.5 Å². The van der Waals surface area contributed by atoms with Crippen LogP contribution < -0.4 is 10.2 Å². The topological polar surface area (TPSA) is 72.0 Å². The van der Waals surface area contributed by atoms with Crippen molar-refractivity contribution >= 4 is 23.4 Å². The number of para-hydroxylation sites is 1. The van der Waals surface area contributed by atoms with Crippen LogP contribution in [0, 0.1) is 12.8 Å². The highest BCUT2D eigenvalue weighted by Crippen LogP contribution is 2.26. The van der Waals surface area contributed by atoms with Crippen LogP contribution in [-0.4, -0.2) is 90.0 Å². The van der Waals surface area contributed by atoms with Crippen LogP contribution in [0.4, 0.5) is 16.3 Å². The smallest absolute Gasteiger partial charge is 0.321 e. The Labute approximate surface area is 214 Å². The third-order valence-corrected chi connectivity index (χ3v) is 7.88. The molecule has 4 heterocycles. The first-order chi connectivity index (χ1) is 17.6. The average Bonchev–Trinajstić information content (AvgIpc) is 2.93. The molecule has 0 aliphatic carbocycles. The normalized spacial score (nSPS) is 21.9. The van der Waals surface area contributed by atoms with E-state index in [2.05, 4.69) is 31.1 Å². The number of carbonyl (C=O) groups is 2. The van der Waals surface area contributed by atoms with Gasteiger partial charge in [-0.05, 0) is 63.4 Å². The second kappa shape index (κ2) is 11.3. The summed E-state index contributed by atoms with van der Waals surface area (Å²) in [6.07, 6.45) is 3.97. The van der Waals surface area contributed by atoms with Crippen LogP contribution in [0.3, 0.4) is 0 Å². The van der Waals surface area contributed by atoms with E-state index < -0.39 is 0 Å². The number of aromatic nitrogens is 1. The summed E-state index contributed by atoms with van der Waals surface area (Å²) in [4.78, 5) is 39.5. The Kier molecular flexibility index (Phi) is 7.70. The molecule has 2 aromatic rings. The van der Waals surface area contributed by atoms with Gasteiger partial charge in [0.1, 0.15) is 5.82 Å². The van der Waals surface area contributed by atoms with Gasteiger partial charge in [0.05, 0.1) is 5.92 Å². The van der Waals surface area contributed by atoms with E-state index in [0.29, 0.717) is 11.9 Å². The summed E-state index contributed by atoms with van der Waals surface area (Å²) in [6.45, 7) is 8.63. The third-order valence-electron chi connectivity index (χ3n) is 7.88. The lowest BCUT2D eigenvalue weighted by molar-refractivity contribution is -0.138. The lowest BCUT2D eigenvalue weighted by atomic mass is 9.92. The van der Waals surface area contributed by atoms with Gasteiger partial charge in [0.15, 0.2) is 0 Å². The van der Waals surface area contributed by atoms with E-state index in [0.717, 1.165) is 95.2 Å². The summed E-state index contributed by atoms with van der Waals surface area (Å²) in [5, 5.41) is 3.00. The number of urea groups is 1. The molecule has 0 saturated carbocycles. The standard InChI is InChI=1S/C28H38N6O2/c1-22-7-5-11-26(29-22)31-17-19-32(20-18-31)27(35)23-8-6-14-34(21-23)25-12-15-33(16-13-25)28(36)30-24-9-3-2-4-10-24/h2-5,7,9-11,23,25H,6,8,12-21H2,1H3,(H,30,36). The maximum absolute atomic E-state index is 13.4. The molecule has 0 bridgehead atoms. The maximum Gasteiger partial charge on any atom is 0.321 e. The summed E-state index contributed by atoms with van der Waals surface area (Å²) in [5.74, 6) is 1.41. The van der Waals surface area contributed by atoms with Gasteiger partial charge in [0.2, 0.25) is 5.91 Å². The molecule has 5 rings (SSSR count). The average molecular weight is 491 g/mol. The molecule has 1 unspecified atom stereocenters. The molecule has 0 spiro atoms. The number of amides is 3. The SMILES string of the molecule is Cc1cccc(N2CCN(C(=O)C3CCCN(C4CCN(C(=O)Nc5ccccc5)CC4)C3)CC2)n1. The van der Waals surface area contributed by atoms with Crippen molar-refractivity contribution < 1.29 is 9.59 Å². The molecule has 1 atom stereocenters. The molecule has 1 aromatic heterocycles. The molecule has 0 radical (unpaired) electrons. The Hall–Kier alpha value is -3.13. The van der Waals surface area contributed by atoms with Crippen molar-refractivity contribution in [3.05, 3.63) is 54.2 Å². The molecule has 1 aromatic carbocycles. The fraction of sp³-hybridized carbons (Fsp3) is 0.536. The number of nitrogens with one attached hydrogen (secondary N) is 1. The molecule has 192 valence electrons. The van der Waals surface area contributed by atoms with Crippen LogP contribution in [0.2, 0.25) is 0 Å². The molecule has 1 N–H and O–H groups in total. The Morgan fingerprint density at radius 3 is 2.31 bits per heavy atom. The second-order valence-electron chi connectivity index (χ2n) is 10.3. The fourth-order valence-corrected chi connectivity index (χ4v) is 5.82. The number of nitrogens with zero attached hydrogens (tertiary/aromatic N) is 5. The Bertz CT molecular complexity index is 1030. The molecule has 8 nitrogen and oxygen atoms in total. The predicted octanol–water partition coefficient (Wildman–Crippen LogP) is 3.45. The van der Waals surface area contributed by atoms with Gasteiger partial charge < -0.3 is 20.0 Å². The van der Waals surface area contributed by atoms with E-state index in [9.17, 15) is 9.59 Å². The monoisotopic (exact) mass is 490 g/mol. The van der Waals surface area contributed by atoms with E-state index in [1.165, 1.54) is 0 Å². The zero-order valence-corrected chi connectivity index (χ0v) is 21.3. The number of aryl methyl sites for hydroxylation is 1. The van der Waals surface area contributed by atoms with Gasteiger partial charge in [0.25, 0.3) is 0 Å². The Morgan fingerprint density at radius 1 is 0.833 bits per heavy atom. The lowest BCUT2D eigenvalue weighted by Crippen LogP contribution is -2.55. The highest BCUT2D eigenvalue weighted by atomic mass is 16.2. The van der Waals surface area contributed by atoms with Crippen molar-refractivity contribution in [3.63, 3.8) is 0 Å². The fourth-order valence-electron chi connectivity index (χ4n) is 5.82. The first-order valence-corrected chi connectivity index (χ1v) is 13.4. The highest BCUT2D eigenvalue weighted by Gasteiger charge is 2.35. The Balaban J connectivity index is 1.08. The molecule has 3 saturated heterocycles. The van der Waals surface area contributed by atoms with Crippen molar-refractivity contribution in [3.8, 4) is 0 Å². The third kappa shape index (κ3) is 5.81. The first kappa shape index (κ1) is 24.6. The van der Waals surface area contributed by atoms with E-state index in [4.69, 9.17) is 0 Å². The molecular formula is C28H38N6O2. The minimum Gasteiger partial charge on any atom is -0.353 e. The molecule has 8 heteroatoms. The molecule has 3 aliphatic heterocycles. The van der Waals surface area contributed by atoms with Crippen LogP contribution in [0.25, 0.3) is 0 Å². The quantitative estimate of drug-likeness (QED) is 0.711. The number of likely N-dealkylation sites (tertiary alicyclic amines) is 2. The van der Waals surface area contributed by atoms with E-state index in [1.807, 2.05) is 54.3 Å². The van der Waals surface area contributed by atoms with E-state index in [1.54, 1.807) is 0 Å². The summed E-state index contributed by atoms with van der Waals surface area (Å²) in [6, 6.07) is 16.2. The van der Waals surface area contributed by atoms with Gasteiger partial charge in [-0.1, -0.05) is 24.3 Å². The molecule has 3 aliphatic rings. The van der Waals surface area contributed by atoms with Crippen molar-refractivity contribution in [1.82, 2.24) is 19.7 Å². The van der Waals surface area contributed by atoms with Gasteiger partial charge >= 0.3 is 6.03 Å². The van der Waals surface area contributed by atoms with E-state index >= 15 is 0 Å². The number of anilines is 2. The maximum atomic E-state index is 13.4. The largest absolute Gasteiger partial charge is 0.353 e. The number of carbonyl (C=O) groups excluding carboxylic acids is 2. The number of piperazine rings is 1.